The Morgan fingerprint density at radius 3 is 2.94 bits per heavy atom. The first-order valence-corrected chi connectivity index (χ1v) is 5.61. The first-order chi connectivity index (χ1) is 7.56. The first kappa shape index (κ1) is 11.2. The second-order valence-corrected chi connectivity index (χ2v) is 4.66. The van der Waals surface area contributed by atoms with Crippen LogP contribution in [0, 0.1) is 12.8 Å². The zero-order chi connectivity index (χ0) is 11.7. The summed E-state index contributed by atoms with van der Waals surface area (Å²) in [6, 6.07) is 1.83. The largest absolute Gasteiger partial charge is 0.475 e. The number of nitrogens with zero attached hydrogens (tertiary/aromatic N) is 1. The van der Waals surface area contributed by atoms with E-state index in [1.165, 1.54) is 6.42 Å². The van der Waals surface area contributed by atoms with E-state index >= 15 is 0 Å². The summed E-state index contributed by atoms with van der Waals surface area (Å²) in [4.78, 5) is 13.1. The van der Waals surface area contributed by atoms with Crippen LogP contribution in [-0.4, -0.2) is 29.1 Å². The molecule has 1 fully saturated rings. The van der Waals surface area contributed by atoms with Crippen LogP contribution in [0.25, 0.3) is 0 Å². The van der Waals surface area contributed by atoms with Crippen molar-refractivity contribution >= 4 is 5.97 Å². The Balaban J connectivity index is 2.05. The average molecular weight is 223 g/mol. The van der Waals surface area contributed by atoms with Gasteiger partial charge in [-0.05, 0) is 31.9 Å². The van der Waals surface area contributed by atoms with Crippen molar-refractivity contribution in [1.82, 2.24) is 4.90 Å². The number of hydrogen-bond acceptors (Lipinski definition) is 3. The van der Waals surface area contributed by atoms with Crippen LogP contribution < -0.4 is 0 Å². The molecule has 0 aromatic carbocycles. The normalized spacial score (nSPS) is 21.5. The van der Waals surface area contributed by atoms with Crippen LogP contribution in [0.1, 0.15) is 35.2 Å². The number of rotatable bonds is 3. The van der Waals surface area contributed by atoms with E-state index in [4.69, 9.17) is 9.52 Å². The molecule has 1 atom stereocenters. The van der Waals surface area contributed by atoms with Crippen molar-refractivity contribution in [1.29, 1.82) is 0 Å². The van der Waals surface area contributed by atoms with E-state index in [0.717, 1.165) is 31.3 Å². The minimum Gasteiger partial charge on any atom is -0.475 e. The summed E-state index contributed by atoms with van der Waals surface area (Å²) in [5.74, 6) is 0.569. The highest BCUT2D eigenvalue weighted by molar-refractivity contribution is 5.86. The minimum atomic E-state index is -0.987. The molecule has 1 N–H and O–H groups in total. The molecule has 88 valence electrons. The van der Waals surface area contributed by atoms with Crippen LogP contribution in [0.2, 0.25) is 0 Å². The van der Waals surface area contributed by atoms with Gasteiger partial charge in [0.25, 0.3) is 0 Å². The molecule has 1 aromatic heterocycles. The molecule has 2 rings (SSSR count). The third-order valence-corrected chi connectivity index (χ3v) is 3.05. The van der Waals surface area contributed by atoms with Crippen LogP contribution in [0.15, 0.2) is 10.5 Å². The van der Waals surface area contributed by atoms with Gasteiger partial charge >= 0.3 is 5.97 Å². The molecule has 1 aliphatic rings. The van der Waals surface area contributed by atoms with E-state index in [1.807, 2.05) is 6.07 Å². The molecule has 2 heterocycles. The molecular weight excluding hydrogens is 206 g/mol. The van der Waals surface area contributed by atoms with Crippen molar-refractivity contribution < 1.29 is 14.3 Å². The third kappa shape index (κ3) is 2.27. The van der Waals surface area contributed by atoms with Gasteiger partial charge in [0.15, 0.2) is 0 Å². The van der Waals surface area contributed by atoms with Crippen LogP contribution in [0.3, 0.4) is 0 Å². The van der Waals surface area contributed by atoms with E-state index in [2.05, 4.69) is 11.8 Å². The van der Waals surface area contributed by atoms with Gasteiger partial charge in [0.2, 0.25) is 5.76 Å². The Morgan fingerprint density at radius 1 is 1.69 bits per heavy atom. The summed E-state index contributed by atoms with van der Waals surface area (Å²) >= 11 is 0. The van der Waals surface area contributed by atoms with Crippen LogP contribution >= 0.6 is 0 Å². The number of aromatic carboxylic acids is 1. The predicted molar refractivity (Wildman–Crippen MR) is 59.5 cm³/mol. The van der Waals surface area contributed by atoms with E-state index in [0.29, 0.717) is 5.56 Å². The number of carbonyl (C=O) groups is 1. The smallest absolute Gasteiger partial charge is 0.372 e. The molecule has 0 aliphatic carbocycles. The third-order valence-electron chi connectivity index (χ3n) is 3.05. The van der Waals surface area contributed by atoms with E-state index in [-0.39, 0.29) is 5.76 Å². The molecule has 1 aliphatic heterocycles. The molecule has 0 spiro atoms. The highest BCUT2D eigenvalue weighted by atomic mass is 16.4. The summed E-state index contributed by atoms with van der Waals surface area (Å²) in [5.41, 5.74) is 0.703. The van der Waals surface area contributed by atoms with Crippen LogP contribution in [-0.2, 0) is 6.54 Å². The van der Waals surface area contributed by atoms with Gasteiger partial charge in [-0.25, -0.2) is 4.79 Å². The number of carboxylic acid groups (broad SMARTS) is 1. The zero-order valence-electron chi connectivity index (χ0n) is 9.69. The summed E-state index contributed by atoms with van der Waals surface area (Å²) in [5, 5.41) is 8.87. The van der Waals surface area contributed by atoms with Gasteiger partial charge in [0.1, 0.15) is 5.76 Å². The topological polar surface area (TPSA) is 53.7 Å². The number of hydrogen-bond donors (Lipinski definition) is 1. The molecule has 1 saturated heterocycles. The Kier molecular flexibility index (Phi) is 3.01. The molecule has 16 heavy (non-hydrogen) atoms. The lowest BCUT2D eigenvalue weighted by Crippen LogP contribution is -2.19. The summed E-state index contributed by atoms with van der Waals surface area (Å²) in [6.07, 6.45) is 1.21. The summed E-state index contributed by atoms with van der Waals surface area (Å²) in [7, 11) is 0. The van der Waals surface area contributed by atoms with Crippen molar-refractivity contribution in [2.45, 2.75) is 26.8 Å². The maximum atomic E-state index is 10.8. The molecule has 0 radical (unpaired) electrons. The fraction of sp³-hybridized carbons (Fsp3) is 0.583. The quantitative estimate of drug-likeness (QED) is 0.852. The maximum absolute atomic E-state index is 10.8. The predicted octanol–water partition coefficient (Wildman–Crippen LogP) is 2.13. The fourth-order valence-electron chi connectivity index (χ4n) is 2.23. The monoisotopic (exact) mass is 223 g/mol. The number of carboxylic acids is 1. The zero-order valence-corrected chi connectivity index (χ0v) is 9.69. The standard InChI is InChI=1S/C12H17NO3/c1-8-3-4-13(6-8)7-10-5-9(2)11(16-10)12(14)15/h5,8H,3-4,6-7H2,1-2H3,(H,14,15). The first-order valence-electron chi connectivity index (χ1n) is 5.61. The Hall–Kier alpha value is -1.29. The van der Waals surface area contributed by atoms with E-state index in [9.17, 15) is 4.79 Å². The minimum absolute atomic E-state index is 0.0715. The van der Waals surface area contributed by atoms with Gasteiger partial charge in [-0.15, -0.1) is 0 Å². The van der Waals surface area contributed by atoms with Crippen molar-refractivity contribution in [2.75, 3.05) is 13.1 Å². The second kappa shape index (κ2) is 4.29. The molecule has 1 aromatic rings. The molecule has 0 amide bonds. The Morgan fingerprint density at radius 2 is 2.44 bits per heavy atom. The van der Waals surface area contributed by atoms with E-state index in [1.54, 1.807) is 6.92 Å². The van der Waals surface area contributed by atoms with Gasteiger partial charge in [-0.1, -0.05) is 6.92 Å². The molecule has 0 bridgehead atoms. The van der Waals surface area contributed by atoms with Crippen molar-refractivity contribution in [2.24, 2.45) is 5.92 Å². The average Bonchev–Trinajstić information content (AvgIpc) is 2.73. The number of furan rings is 1. The lowest BCUT2D eigenvalue weighted by Gasteiger charge is -2.12. The molecule has 1 unspecified atom stereocenters. The molecule has 0 saturated carbocycles. The number of likely N-dealkylation sites (tertiary alicyclic amines) is 1. The second-order valence-electron chi connectivity index (χ2n) is 4.66. The van der Waals surface area contributed by atoms with Gasteiger partial charge in [0.05, 0.1) is 6.54 Å². The highest BCUT2D eigenvalue weighted by Crippen LogP contribution is 2.21. The van der Waals surface area contributed by atoms with Crippen LogP contribution in [0.5, 0.6) is 0 Å². The summed E-state index contributed by atoms with van der Waals surface area (Å²) in [6.45, 7) is 6.86. The number of aryl methyl sites for hydroxylation is 1. The van der Waals surface area contributed by atoms with Crippen molar-refractivity contribution in [3.05, 3.63) is 23.2 Å². The van der Waals surface area contributed by atoms with Gasteiger partial charge < -0.3 is 9.52 Å². The lowest BCUT2D eigenvalue weighted by atomic mass is 10.2. The molecule has 4 heteroatoms. The molecule has 4 nitrogen and oxygen atoms in total. The lowest BCUT2D eigenvalue weighted by molar-refractivity contribution is 0.0657. The van der Waals surface area contributed by atoms with Crippen LogP contribution in [0.4, 0.5) is 0 Å². The van der Waals surface area contributed by atoms with Crippen molar-refractivity contribution in [3.8, 4) is 0 Å². The maximum Gasteiger partial charge on any atom is 0.372 e. The molecular formula is C12H17NO3. The SMILES string of the molecule is Cc1cc(CN2CCC(C)C2)oc1C(=O)O. The van der Waals surface area contributed by atoms with E-state index < -0.39 is 5.97 Å². The van der Waals surface area contributed by atoms with Gasteiger partial charge in [-0.2, -0.15) is 0 Å². The van der Waals surface area contributed by atoms with Crippen molar-refractivity contribution in [3.63, 3.8) is 0 Å². The summed E-state index contributed by atoms with van der Waals surface area (Å²) < 4.78 is 5.33. The Labute approximate surface area is 94.9 Å². The highest BCUT2D eigenvalue weighted by Gasteiger charge is 2.21. The fourth-order valence-corrected chi connectivity index (χ4v) is 2.23. The van der Waals surface area contributed by atoms with Gasteiger partial charge in [-0.3, -0.25) is 4.90 Å². The van der Waals surface area contributed by atoms with Gasteiger partial charge in [0, 0.05) is 12.1 Å². The Bertz CT molecular complexity index is 397.